The molecule has 1 atom stereocenters. The normalized spacial score (nSPS) is 17.5. The molecule has 1 unspecified atom stereocenters. The van der Waals surface area contributed by atoms with E-state index in [0.717, 1.165) is 16.9 Å². The van der Waals surface area contributed by atoms with Gasteiger partial charge in [-0.05, 0) is 31.5 Å². The van der Waals surface area contributed by atoms with Crippen molar-refractivity contribution < 1.29 is 4.42 Å². The van der Waals surface area contributed by atoms with Gasteiger partial charge in [-0.15, -0.1) is 0 Å². The standard InChI is InChI=1S/C19H19N5O2/c1-12-5-7-14(8-6-12)17-22-18(20-11-15-4-3-9-26-15)23-19-21-13(2)10-16(25)24(17)19/h3-10,17H,11H2,1-2H3,(H2,20,21,22,23). The molecule has 26 heavy (non-hydrogen) atoms. The van der Waals surface area contributed by atoms with Gasteiger partial charge in [-0.3, -0.25) is 14.7 Å². The maximum absolute atomic E-state index is 12.6. The number of nitrogens with one attached hydrogen (secondary N) is 2. The minimum absolute atomic E-state index is 0.122. The summed E-state index contributed by atoms with van der Waals surface area (Å²) in [5, 5.41) is 6.39. The van der Waals surface area contributed by atoms with Gasteiger partial charge in [0.05, 0.1) is 6.26 Å². The summed E-state index contributed by atoms with van der Waals surface area (Å²) in [6, 6.07) is 13.3. The van der Waals surface area contributed by atoms with Gasteiger partial charge >= 0.3 is 0 Å². The molecule has 0 fully saturated rings. The van der Waals surface area contributed by atoms with E-state index in [4.69, 9.17) is 4.42 Å². The first-order valence-corrected chi connectivity index (χ1v) is 8.37. The Morgan fingerprint density at radius 2 is 2.04 bits per heavy atom. The van der Waals surface area contributed by atoms with E-state index in [2.05, 4.69) is 20.6 Å². The smallest absolute Gasteiger partial charge is 0.257 e. The van der Waals surface area contributed by atoms with E-state index in [1.807, 2.05) is 43.3 Å². The first kappa shape index (κ1) is 16.1. The van der Waals surface area contributed by atoms with Crippen molar-refractivity contribution in [3.63, 3.8) is 0 Å². The van der Waals surface area contributed by atoms with Gasteiger partial charge in [0, 0.05) is 11.8 Å². The van der Waals surface area contributed by atoms with E-state index < -0.39 is 0 Å². The third kappa shape index (κ3) is 3.11. The molecule has 0 amide bonds. The molecule has 0 aliphatic carbocycles. The summed E-state index contributed by atoms with van der Waals surface area (Å²) in [4.78, 5) is 21.6. The molecular weight excluding hydrogens is 330 g/mol. The molecule has 3 aromatic rings. The summed E-state index contributed by atoms with van der Waals surface area (Å²) in [5.74, 6) is 1.77. The molecule has 3 heterocycles. The molecule has 0 radical (unpaired) electrons. The highest BCUT2D eigenvalue weighted by Gasteiger charge is 2.26. The lowest BCUT2D eigenvalue weighted by atomic mass is 10.1. The van der Waals surface area contributed by atoms with Crippen LogP contribution in [0, 0.1) is 13.8 Å². The number of benzene rings is 1. The SMILES string of the molecule is Cc1ccc(C2NC(=NCc3ccco3)Nc3nc(C)cc(=O)n32)cc1. The molecular formula is C19H19N5O2. The Kier molecular flexibility index (Phi) is 4.04. The number of furan rings is 1. The summed E-state index contributed by atoms with van der Waals surface area (Å²) in [5.41, 5.74) is 2.65. The van der Waals surface area contributed by atoms with E-state index in [1.165, 1.54) is 6.07 Å². The van der Waals surface area contributed by atoms with Crippen molar-refractivity contribution in [1.29, 1.82) is 0 Å². The van der Waals surface area contributed by atoms with Crippen LogP contribution in [0.2, 0.25) is 0 Å². The molecule has 4 rings (SSSR count). The van der Waals surface area contributed by atoms with Crippen LogP contribution in [0.1, 0.15) is 28.7 Å². The van der Waals surface area contributed by atoms with Gasteiger partial charge in [-0.25, -0.2) is 9.98 Å². The molecule has 2 N–H and O–H groups in total. The van der Waals surface area contributed by atoms with Crippen molar-refractivity contribution in [2.24, 2.45) is 4.99 Å². The second-order valence-electron chi connectivity index (χ2n) is 6.26. The molecule has 7 nitrogen and oxygen atoms in total. The van der Waals surface area contributed by atoms with Crippen LogP contribution in [0.5, 0.6) is 0 Å². The van der Waals surface area contributed by atoms with Crippen molar-refractivity contribution in [1.82, 2.24) is 14.9 Å². The number of fused-ring (bicyclic) bond motifs is 1. The topological polar surface area (TPSA) is 84.5 Å². The minimum Gasteiger partial charge on any atom is -0.467 e. The van der Waals surface area contributed by atoms with Crippen LogP contribution in [0.4, 0.5) is 5.95 Å². The number of rotatable bonds is 3. The van der Waals surface area contributed by atoms with Crippen molar-refractivity contribution in [3.05, 3.63) is 81.7 Å². The molecule has 0 bridgehead atoms. The second-order valence-corrected chi connectivity index (χ2v) is 6.26. The highest BCUT2D eigenvalue weighted by Crippen LogP contribution is 2.22. The molecule has 0 saturated carbocycles. The van der Waals surface area contributed by atoms with Gasteiger partial charge in [0.1, 0.15) is 18.5 Å². The van der Waals surface area contributed by atoms with Crippen molar-refractivity contribution in [2.75, 3.05) is 5.32 Å². The van der Waals surface area contributed by atoms with E-state index in [9.17, 15) is 4.79 Å². The molecule has 2 aromatic heterocycles. The Morgan fingerprint density at radius 3 is 2.77 bits per heavy atom. The van der Waals surface area contributed by atoms with Crippen molar-refractivity contribution in [3.8, 4) is 0 Å². The second kappa shape index (κ2) is 6.51. The zero-order valence-electron chi connectivity index (χ0n) is 14.6. The van der Waals surface area contributed by atoms with Crippen LogP contribution in [0.15, 0.2) is 62.9 Å². The van der Waals surface area contributed by atoms with Gasteiger partial charge in [0.25, 0.3) is 5.56 Å². The maximum atomic E-state index is 12.6. The Hall–Kier alpha value is -3.35. The molecule has 1 aromatic carbocycles. The predicted octanol–water partition coefficient (Wildman–Crippen LogP) is 2.57. The number of aromatic nitrogens is 2. The van der Waals surface area contributed by atoms with Crippen LogP contribution < -0.4 is 16.2 Å². The number of anilines is 1. The highest BCUT2D eigenvalue weighted by molar-refractivity contribution is 5.93. The van der Waals surface area contributed by atoms with Gasteiger partial charge in [0.15, 0.2) is 5.96 Å². The van der Waals surface area contributed by atoms with Crippen molar-refractivity contribution in [2.45, 2.75) is 26.6 Å². The maximum Gasteiger partial charge on any atom is 0.257 e. The van der Waals surface area contributed by atoms with Crippen LogP contribution in [0.25, 0.3) is 0 Å². The van der Waals surface area contributed by atoms with E-state index in [0.29, 0.717) is 24.1 Å². The molecule has 132 valence electrons. The van der Waals surface area contributed by atoms with E-state index >= 15 is 0 Å². The van der Waals surface area contributed by atoms with E-state index in [1.54, 1.807) is 17.8 Å². The van der Waals surface area contributed by atoms with Crippen molar-refractivity contribution >= 4 is 11.9 Å². The van der Waals surface area contributed by atoms with Crippen LogP contribution in [0.3, 0.4) is 0 Å². The molecule has 7 heteroatoms. The van der Waals surface area contributed by atoms with Gasteiger partial charge in [-0.2, -0.15) is 0 Å². The summed E-state index contributed by atoms with van der Waals surface area (Å²) in [6.07, 6.45) is 1.23. The quantitative estimate of drug-likeness (QED) is 0.759. The van der Waals surface area contributed by atoms with Crippen LogP contribution in [-0.4, -0.2) is 15.5 Å². The fourth-order valence-electron chi connectivity index (χ4n) is 2.91. The Bertz CT molecular complexity index is 1000. The lowest BCUT2D eigenvalue weighted by Gasteiger charge is -2.31. The summed E-state index contributed by atoms with van der Waals surface area (Å²) in [6.45, 7) is 4.21. The fraction of sp³-hybridized carbons (Fsp3) is 0.211. The molecule has 0 spiro atoms. The number of nitrogens with zero attached hydrogens (tertiary/aromatic N) is 3. The lowest BCUT2D eigenvalue weighted by Crippen LogP contribution is -2.48. The van der Waals surface area contributed by atoms with Crippen LogP contribution in [-0.2, 0) is 6.54 Å². The fourth-order valence-corrected chi connectivity index (χ4v) is 2.91. The molecule has 0 saturated heterocycles. The van der Waals surface area contributed by atoms with Gasteiger partial charge in [-0.1, -0.05) is 29.8 Å². The largest absolute Gasteiger partial charge is 0.467 e. The zero-order chi connectivity index (χ0) is 18.1. The minimum atomic E-state index is -0.386. The highest BCUT2D eigenvalue weighted by atomic mass is 16.3. The number of hydrogen-bond donors (Lipinski definition) is 2. The molecule has 1 aliphatic heterocycles. The van der Waals surface area contributed by atoms with Gasteiger partial charge in [0.2, 0.25) is 5.95 Å². The van der Waals surface area contributed by atoms with Gasteiger partial charge < -0.3 is 9.73 Å². The Morgan fingerprint density at radius 1 is 1.23 bits per heavy atom. The van der Waals surface area contributed by atoms with Crippen LogP contribution >= 0.6 is 0 Å². The summed E-state index contributed by atoms with van der Waals surface area (Å²) in [7, 11) is 0. The number of hydrogen-bond acceptors (Lipinski definition) is 4. The summed E-state index contributed by atoms with van der Waals surface area (Å²) < 4.78 is 6.92. The first-order valence-electron chi connectivity index (χ1n) is 8.37. The summed E-state index contributed by atoms with van der Waals surface area (Å²) >= 11 is 0. The third-order valence-corrected chi connectivity index (χ3v) is 4.21. The predicted molar refractivity (Wildman–Crippen MR) is 99.2 cm³/mol. The molecule has 1 aliphatic rings. The third-order valence-electron chi connectivity index (χ3n) is 4.21. The first-order chi connectivity index (χ1) is 12.6. The lowest BCUT2D eigenvalue weighted by molar-refractivity contribution is 0.502. The number of guanidine groups is 1. The zero-order valence-corrected chi connectivity index (χ0v) is 14.6. The monoisotopic (exact) mass is 349 g/mol. The average molecular weight is 349 g/mol. The number of aliphatic imine (C=N–C) groups is 1. The average Bonchev–Trinajstić information content (AvgIpc) is 3.13. The number of aryl methyl sites for hydroxylation is 2. The Balaban J connectivity index is 1.75. The Labute approximate surface area is 150 Å². The van der Waals surface area contributed by atoms with E-state index in [-0.39, 0.29) is 11.7 Å².